The van der Waals surface area contributed by atoms with E-state index in [0.717, 1.165) is 0 Å². The van der Waals surface area contributed by atoms with E-state index in [9.17, 15) is 28.6 Å². The maximum Gasteiger partial charge on any atom is 0.305 e. The lowest BCUT2D eigenvalue weighted by atomic mass is 9.92. The summed E-state index contributed by atoms with van der Waals surface area (Å²) in [5, 5.41) is 32.7. The lowest BCUT2D eigenvalue weighted by Crippen LogP contribution is -2.27. The first-order valence-electron chi connectivity index (χ1n) is 14.1. The highest BCUT2D eigenvalue weighted by molar-refractivity contribution is 6.05. The zero-order valence-electron chi connectivity index (χ0n) is 24.0. The predicted molar refractivity (Wildman–Crippen MR) is 158 cm³/mol. The number of nitrogens with one attached hydrogen (secondary N) is 1. The van der Waals surface area contributed by atoms with Crippen molar-refractivity contribution in [3.05, 3.63) is 102 Å². The van der Waals surface area contributed by atoms with E-state index in [1.54, 1.807) is 42.6 Å². The van der Waals surface area contributed by atoms with E-state index in [1.165, 1.54) is 24.3 Å². The molecule has 0 saturated heterocycles. The van der Waals surface area contributed by atoms with E-state index < -0.39 is 42.1 Å². The maximum absolute atomic E-state index is 14.0. The normalized spacial score (nSPS) is 12.7. The molecule has 4 N–H and O–H groups in total. The van der Waals surface area contributed by atoms with E-state index >= 15 is 0 Å². The van der Waals surface area contributed by atoms with Crippen LogP contribution in [0.25, 0.3) is 22.3 Å². The van der Waals surface area contributed by atoms with Crippen LogP contribution in [0.2, 0.25) is 0 Å². The van der Waals surface area contributed by atoms with Crippen molar-refractivity contribution in [2.75, 3.05) is 0 Å². The smallest absolute Gasteiger partial charge is 0.305 e. The summed E-state index contributed by atoms with van der Waals surface area (Å²) in [6, 6.07) is 16.8. The number of carbonyl (C=O) groups excluding carboxylic acids is 1. The van der Waals surface area contributed by atoms with Crippen LogP contribution < -0.4 is 5.32 Å². The van der Waals surface area contributed by atoms with Crippen LogP contribution in [0.4, 0.5) is 8.78 Å². The lowest BCUT2D eigenvalue weighted by Gasteiger charge is -2.20. The highest BCUT2D eigenvalue weighted by Gasteiger charge is 2.30. The Morgan fingerprint density at radius 3 is 2.02 bits per heavy atom. The standard InChI is InChI=1S/C33H35F2N3O5/c1-20(2)38-28(15-14-26(39)17-27(40)18-29(41)42)30(21-6-10-23(34)11-7-21)31(22-8-12-24(35)13-9-22)32(38)33(43)37-19-25-5-3-4-16-36-25/h3-13,16,20,26-27,39-40H,14-15,17-19H2,1-2H3,(H,37,43)(H,41,42)/t26-,27-/m1/s1. The van der Waals surface area contributed by atoms with Crippen molar-refractivity contribution in [2.24, 2.45) is 0 Å². The second-order valence-electron chi connectivity index (χ2n) is 10.7. The summed E-state index contributed by atoms with van der Waals surface area (Å²) >= 11 is 0. The number of aromatic nitrogens is 2. The number of carboxylic acids is 1. The number of hydrogen-bond acceptors (Lipinski definition) is 5. The summed E-state index contributed by atoms with van der Waals surface area (Å²) in [5.74, 6) is -2.45. The molecule has 0 saturated carbocycles. The van der Waals surface area contributed by atoms with Crippen molar-refractivity contribution < 1.29 is 33.7 Å². The van der Waals surface area contributed by atoms with Gasteiger partial charge in [0.05, 0.1) is 30.9 Å². The third-order valence-corrected chi connectivity index (χ3v) is 7.13. The molecule has 2 aromatic heterocycles. The number of rotatable bonds is 13. The number of nitrogens with zero attached hydrogens (tertiary/aromatic N) is 2. The second-order valence-corrected chi connectivity index (χ2v) is 10.7. The van der Waals surface area contributed by atoms with Gasteiger partial charge >= 0.3 is 5.97 Å². The molecule has 0 aliphatic heterocycles. The first-order chi connectivity index (χ1) is 20.5. The molecule has 0 aliphatic carbocycles. The van der Waals surface area contributed by atoms with Crippen molar-refractivity contribution in [1.82, 2.24) is 14.9 Å². The highest BCUT2D eigenvalue weighted by Crippen LogP contribution is 2.42. The molecule has 0 fully saturated rings. The van der Waals surface area contributed by atoms with Gasteiger partial charge in [0.2, 0.25) is 0 Å². The number of aliphatic carboxylic acids is 1. The van der Waals surface area contributed by atoms with Crippen LogP contribution in [-0.4, -0.2) is 49.0 Å². The Kier molecular flexibility index (Phi) is 10.4. The Morgan fingerprint density at radius 2 is 1.49 bits per heavy atom. The molecule has 226 valence electrons. The van der Waals surface area contributed by atoms with Gasteiger partial charge in [0, 0.05) is 29.1 Å². The molecule has 2 heterocycles. The molecule has 1 amide bonds. The molecule has 10 heteroatoms. The monoisotopic (exact) mass is 591 g/mol. The molecule has 2 aromatic carbocycles. The first-order valence-corrected chi connectivity index (χ1v) is 14.1. The van der Waals surface area contributed by atoms with Gasteiger partial charge in [0.1, 0.15) is 17.3 Å². The number of pyridine rings is 1. The Hall–Kier alpha value is -4.41. The third-order valence-electron chi connectivity index (χ3n) is 7.13. The van der Waals surface area contributed by atoms with Crippen LogP contribution in [0, 0.1) is 11.6 Å². The van der Waals surface area contributed by atoms with Crippen molar-refractivity contribution in [3.8, 4) is 22.3 Å². The van der Waals surface area contributed by atoms with E-state index in [0.29, 0.717) is 39.3 Å². The molecule has 2 atom stereocenters. The van der Waals surface area contributed by atoms with Gasteiger partial charge in [-0.1, -0.05) is 30.3 Å². The lowest BCUT2D eigenvalue weighted by molar-refractivity contribution is -0.139. The summed E-state index contributed by atoms with van der Waals surface area (Å²) in [6.45, 7) is 3.98. The highest BCUT2D eigenvalue weighted by atomic mass is 19.1. The minimum atomic E-state index is -1.22. The summed E-state index contributed by atoms with van der Waals surface area (Å²) in [4.78, 5) is 29.3. The second kappa shape index (κ2) is 14.2. The molecule has 4 aromatic rings. The molecular formula is C33H35F2N3O5. The average Bonchev–Trinajstić information content (AvgIpc) is 3.31. The minimum absolute atomic E-state index is 0.136. The van der Waals surface area contributed by atoms with Crippen LogP contribution in [0.1, 0.15) is 61.0 Å². The van der Waals surface area contributed by atoms with E-state index in [4.69, 9.17) is 5.11 Å². The van der Waals surface area contributed by atoms with Crippen LogP contribution >= 0.6 is 0 Å². The molecule has 43 heavy (non-hydrogen) atoms. The van der Waals surface area contributed by atoms with Gasteiger partial charge in [-0.2, -0.15) is 0 Å². The number of benzene rings is 2. The van der Waals surface area contributed by atoms with Crippen molar-refractivity contribution in [3.63, 3.8) is 0 Å². The summed E-state index contributed by atoms with van der Waals surface area (Å²) in [7, 11) is 0. The number of aliphatic hydroxyl groups is 2. The molecule has 0 spiro atoms. The van der Waals surface area contributed by atoms with Crippen LogP contribution in [0.3, 0.4) is 0 Å². The van der Waals surface area contributed by atoms with Crippen LogP contribution in [0.5, 0.6) is 0 Å². The zero-order valence-corrected chi connectivity index (χ0v) is 24.0. The van der Waals surface area contributed by atoms with Crippen LogP contribution in [0.15, 0.2) is 72.9 Å². The number of carbonyl (C=O) groups is 2. The zero-order chi connectivity index (χ0) is 31.1. The Balaban J connectivity index is 1.87. The predicted octanol–water partition coefficient (Wildman–Crippen LogP) is 5.53. The molecular weight excluding hydrogens is 556 g/mol. The molecule has 4 rings (SSSR count). The number of hydrogen-bond donors (Lipinski definition) is 4. The van der Waals surface area contributed by atoms with Crippen molar-refractivity contribution in [1.29, 1.82) is 0 Å². The summed E-state index contributed by atoms with van der Waals surface area (Å²) in [5.41, 5.74) is 3.98. The summed E-state index contributed by atoms with van der Waals surface area (Å²) < 4.78 is 29.9. The molecule has 0 bridgehead atoms. The fraction of sp³-hybridized carbons (Fsp3) is 0.303. The maximum atomic E-state index is 14.0. The number of aliphatic hydroxyl groups excluding tert-OH is 2. The molecule has 0 unspecified atom stereocenters. The Labute approximate surface area is 248 Å². The molecule has 8 nitrogen and oxygen atoms in total. The largest absolute Gasteiger partial charge is 0.481 e. The Morgan fingerprint density at radius 1 is 0.884 bits per heavy atom. The average molecular weight is 592 g/mol. The van der Waals surface area contributed by atoms with Crippen LogP contribution in [-0.2, 0) is 17.8 Å². The van der Waals surface area contributed by atoms with Gasteiger partial charge in [-0.3, -0.25) is 14.6 Å². The molecule has 0 radical (unpaired) electrons. The number of carboxylic acid groups (broad SMARTS) is 1. The number of amides is 1. The van der Waals surface area contributed by atoms with Gasteiger partial charge in [0.15, 0.2) is 0 Å². The van der Waals surface area contributed by atoms with Crippen molar-refractivity contribution >= 4 is 11.9 Å². The van der Waals surface area contributed by atoms with Gasteiger partial charge in [-0.25, -0.2) is 8.78 Å². The fourth-order valence-corrected chi connectivity index (χ4v) is 5.28. The minimum Gasteiger partial charge on any atom is -0.481 e. The van der Waals surface area contributed by atoms with Gasteiger partial charge in [-0.05, 0) is 80.6 Å². The topological polar surface area (TPSA) is 125 Å². The molecule has 0 aliphatic rings. The van der Waals surface area contributed by atoms with Crippen molar-refractivity contribution in [2.45, 2.75) is 64.3 Å². The van der Waals surface area contributed by atoms with E-state index in [1.807, 2.05) is 24.5 Å². The van der Waals surface area contributed by atoms with Gasteiger partial charge in [-0.15, -0.1) is 0 Å². The van der Waals surface area contributed by atoms with E-state index in [-0.39, 0.29) is 31.8 Å². The third kappa shape index (κ3) is 7.91. The number of halogens is 2. The van der Waals surface area contributed by atoms with Gasteiger partial charge in [0.25, 0.3) is 5.91 Å². The fourth-order valence-electron chi connectivity index (χ4n) is 5.28. The first kappa shape index (κ1) is 31.5. The summed E-state index contributed by atoms with van der Waals surface area (Å²) in [6.07, 6.45) is -0.845. The Bertz CT molecular complexity index is 1540. The SMILES string of the molecule is CC(C)n1c(CC[C@@H](O)C[C@@H](O)CC(=O)O)c(-c2ccc(F)cc2)c(-c2ccc(F)cc2)c1C(=O)NCc1ccccn1. The quantitative estimate of drug-likeness (QED) is 0.162. The van der Waals surface area contributed by atoms with E-state index in [2.05, 4.69) is 10.3 Å². The van der Waals surface area contributed by atoms with Gasteiger partial charge < -0.3 is 25.2 Å².